The predicted octanol–water partition coefficient (Wildman–Crippen LogP) is 4.16. The number of nitrogens with one attached hydrogen (secondary N) is 1. The van der Waals surface area contributed by atoms with Crippen LogP contribution in [-0.4, -0.2) is 39.8 Å². The van der Waals surface area contributed by atoms with E-state index >= 15 is 0 Å². The van der Waals surface area contributed by atoms with E-state index in [1.807, 2.05) is 44.2 Å². The van der Waals surface area contributed by atoms with E-state index in [0.717, 1.165) is 33.1 Å². The first-order chi connectivity index (χ1) is 12.0. The molecule has 0 bridgehead atoms. The van der Waals surface area contributed by atoms with Gasteiger partial charge in [0.25, 0.3) is 0 Å². The molecule has 0 amide bonds. The molecule has 25 heavy (non-hydrogen) atoms. The molecule has 5 nitrogen and oxygen atoms in total. The molecule has 2 heterocycles. The number of rotatable bonds is 7. The minimum atomic E-state index is 0.120. The summed E-state index contributed by atoms with van der Waals surface area (Å²) in [6.07, 6.45) is 0. The number of hydrogen-bond acceptors (Lipinski definition) is 4. The van der Waals surface area contributed by atoms with Crippen molar-refractivity contribution >= 4 is 28.6 Å². The minimum absolute atomic E-state index is 0.120. The Kier molecular flexibility index (Phi) is 5.30. The standard InChI is InChI=1S/C19H23N3O2S/c1-12-9-15(14(3)22(12)13(2)10-24-4)18(23)11-25-19-20-16-7-5-6-8-17(16)21-19/h5-9,13H,10-11H2,1-4H3,(H,20,21)/t13-/m1/s1. The summed E-state index contributed by atoms with van der Waals surface area (Å²) in [6, 6.07) is 10.1. The number of H-pyrrole nitrogens is 1. The normalized spacial score (nSPS) is 12.6. The smallest absolute Gasteiger partial charge is 0.175 e. The van der Waals surface area contributed by atoms with Gasteiger partial charge in [0.05, 0.1) is 29.4 Å². The molecule has 0 spiro atoms. The zero-order valence-electron chi connectivity index (χ0n) is 15.0. The highest BCUT2D eigenvalue weighted by molar-refractivity contribution is 7.99. The lowest BCUT2D eigenvalue weighted by Crippen LogP contribution is -2.14. The second kappa shape index (κ2) is 7.45. The van der Waals surface area contributed by atoms with Crippen LogP contribution in [0, 0.1) is 13.8 Å². The summed E-state index contributed by atoms with van der Waals surface area (Å²) >= 11 is 1.44. The van der Waals surface area contributed by atoms with Crippen molar-refractivity contribution in [3.8, 4) is 0 Å². The Morgan fingerprint density at radius 1 is 1.36 bits per heavy atom. The summed E-state index contributed by atoms with van der Waals surface area (Å²) in [7, 11) is 1.70. The monoisotopic (exact) mass is 357 g/mol. The minimum Gasteiger partial charge on any atom is -0.383 e. The third-order valence-electron chi connectivity index (χ3n) is 4.34. The zero-order chi connectivity index (χ0) is 18.0. The van der Waals surface area contributed by atoms with E-state index in [9.17, 15) is 4.79 Å². The average molecular weight is 357 g/mol. The Morgan fingerprint density at radius 2 is 2.12 bits per heavy atom. The molecule has 1 aromatic carbocycles. The molecule has 1 atom stereocenters. The van der Waals surface area contributed by atoms with E-state index in [-0.39, 0.29) is 11.8 Å². The SMILES string of the molecule is COC[C@@H](C)n1c(C)cc(C(=O)CSc2nc3ccccc3[nH]2)c1C. The van der Waals surface area contributed by atoms with Crippen molar-refractivity contribution in [2.75, 3.05) is 19.5 Å². The highest BCUT2D eigenvalue weighted by atomic mass is 32.2. The van der Waals surface area contributed by atoms with Crippen molar-refractivity contribution in [2.24, 2.45) is 0 Å². The van der Waals surface area contributed by atoms with Crippen LogP contribution in [0.25, 0.3) is 11.0 Å². The van der Waals surface area contributed by atoms with Gasteiger partial charge in [-0.15, -0.1) is 0 Å². The van der Waals surface area contributed by atoms with Crippen LogP contribution in [0.1, 0.15) is 34.7 Å². The first-order valence-electron chi connectivity index (χ1n) is 8.29. The number of para-hydroxylation sites is 2. The molecule has 1 N–H and O–H groups in total. The van der Waals surface area contributed by atoms with E-state index < -0.39 is 0 Å². The number of hydrogen-bond donors (Lipinski definition) is 1. The number of fused-ring (bicyclic) bond motifs is 1. The van der Waals surface area contributed by atoms with Gasteiger partial charge in [0.15, 0.2) is 10.9 Å². The lowest BCUT2D eigenvalue weighted by atomic mass is 10.2. The van der Waals surface area contributed by atoms with E-state index in [4.69, 9.17) is 4.74 Å². The second-order valence-electron chi connectivity index (χ2n) is 6.23. The molecule has 0 aliphatic heterocycles. The Balaban J connectivity index is 1.74. The summed E-state index contributed by atoms with van der Waals surface area (Å²) in [5.74, 6) is 0.484. The van der Waals surface area contributed by atoms with Gasteiger partial charge in [-0.2, -0.15) is 0 Å². The third kappa shape index (κ3) is 3.65. The van der Waals surface area contributed by atoms with Crippen LogP contribution in [0.2, 0.25) is 0 Å². The van der Waals surface area contributed by atoms with Gasteiger partial charge in [0, 0.05) is 24.1 Å². The highest BCUT2D eigenvalue weighted by Gasteiger charge is 2.19. The van der Waals surface area contributed by atoms with Gasteiger partial charge >= 0.3 is 0 Å². The number of aryl methyl sites for hydroxylation is 1. The van der Waals surface area contributed by atoms with Gasteiger partial charge in [-0.05, 0) is 39.0 Å². The van der Waals surface area contributed by atoms with Crippen LogP contribution in [0.15, 0.2) is 35.5 Å². The largest absolute Gasteiger partial charge is 0.383 e. The number of methoxy groups -OCH3 is 1. The number of thioether (sulfide) groups is 1. The summed E-state index contributed by atoms with van der Waals surface area (Å²) in [5, 5.41) is 0.774. The Morgan fingerprint density at radius 3 is 2.84 bits per heavy atom. The molecule has 0 aliphatic rings. The number of Topliss-reactive ketones (excluding diaryl/α,β-unsaturated/α-hetero) is 1. The van der Waals surface area contributed by atoms with E-state index in [0.29, 0.717) is 12.4 Å². The van der Waals surface area contributed by atoms with Gasteiger partial charge in [-0.1, -0.05) is 23.9 Å². The van der Waals surface area contributed by atoms with Crippen LogP contribution in [-0.2, 0) is 4.74 Å². The number of ketones is 1. The molecular weight excluding hydrogens is 334 g/mol. The molecular formula is C19H23N3O2S. The first kappa shape index (κ1) is 17.8. The van der Waals surface area contributed by atoms with Crippen LogP contribution in [0.5, 0.6) is 0 Å². The van der Waals surface area contributed by atoms with E-state index in [2.05, 4.69) is 21.5 Å². The molecule has 0 saturated carbocycles. The molecule has 132 valence electrons. The zero-order valence-corrected chi connectivity index (χ0v) is 15.8. The quantitative estimate of drug-likeness (QED) is 0.509. The summed E-state index contributed by atoms with van der Waals surface area (Å²) in [5.41, 5.74) is 4.77. The molecule has 0 saturated heterocycles. The van der Waals surface area contributed by atoms with Gasteiger partial charge < -0.3 is 14.3 Å². The highest BCUT2D eigenvalue weighted by Crippen LogP contribution is 2.24. The molecule has 0 radical (unpaired) electrons. The summed E-state index contributed by atoms with van der Waals surface area (Å²) < 4.78 is 7.42. The molecule has 0 fully saturated rings. The molecule has 2 aromatic heterocycles. The lowest BCUT2D eigenvalue weighted by Gasteiger charge is -2.17. The van der Waals surface area contributed by atoms with Crippen LogP contribution in [0.3, 0.4) is 0 Å². The maximum Gasteiger partial charge on any atom is 0.175 e. The Hall–Kier alpha value is -2.05. The third-order valence-corrected chi connectivity index (χ3v) is 5.21. The van der Waals surface area contributed by atoms with Gasteiger partial charge in [0.1, 0.15) is 0 Å². The molecule has 6 heteroatoms. The summed E-state index contributed by atoms with van der Waals surface area (Å²) in [6.45, 7) is 6.75. The Bertz CT molecular complexity index is 864. The van der Waals surface area contributed by atoms with Crippen molar-refractivity contribution in [2.45, 2.75) is 32.0 Å². The lowest BCUT2D eigenvalue weighted by molar-refractivity contribution is 0.102. The first-order valence-corrected chi connectivity index (χ1v) is 9.28. The van der Waals surface area contributed by atoms with Crippen molar-refractivity contribution < 1.29 is 9.53 Å². The molecule has 0 aliphatic carbocycles. The molecule has 0 unspecified atom stereocenters. The average Bonchev–Trinajstić information content (AvgIpc) is 3.13. The van der Waals surface area contributed by atoms with Crippen molar-refractivity contribution in [3.05, 3.63) is 47.3 Å². The Labute approximate surface area is 151 Å². The fraction of sp³-hybridized carbons (Fsp3) is 0.368. The van der Waals surface area contributed by atoms with Gasteiger partial charge in [0.2, 0.25) is 0 Å². The maximum absolute atomic E-state index is 12.7. The number of imidazole rings is 1. The number of benzene rings is 1. The van der Waals surface area contributed by atoms with Crippen molar-refractivity contribution in [1.29, 1.82) is 0 Å². The maximum atomic E-state index is 12.7. The van der Waals surface area contributed by atoms with Crippen molar-refractivity contribution in [3.63, 3.8) is 0 Å². The van der Waals surface area contributed by atoms with Crippen LogP contribution >= 0.6 is 11.8 Å². The molecule has 3 rings (SSSR count). The number of ether oxygens (including phenoxy) is 1. The number of carbonyl (C=O) groups excluding carboxylic acids is 1. The predicted molar refractivity (Wildman–Crippen MR) is 102 cm³/mol. The number of carbonyl (C=O) groups is 1. The topological polar surface area (TPSA) is 59.9 Å². The van der Waals surface area contributed by atoms with E-state index in [1.165, 1.54) is 11.8 Å². The van der Waals surface area contributed by atoms with E-state index in [1.54, 1.807) is 7.11 Å². The van der Waals surface area contributed by atoms with Crippen molar-refractivity contribution in [1.82, 2.24) is 14.5 Å². The van der Waals surface area contributed by atoms with Gasteiger partial charge in [-0.3, -0.25) is 4.79 Å². The number of nitrogens with zero attached hydrogens (tertiary/aromatic N) is 2. The fourth-order valence-electron chi connectivity index (χ4n) is 3.26. The molecule has 3 aromatic rings. The van der Waals surface area contributed by atoms with Crippen LogP contribution in [0.4, 0.5) is 0 Å². The van der Waals surface area contributed by atoms with Gasteiger partial charge in [-0.25, -0.2) is 4.98 Å². The summed E-state index contributed by atoms with van der Waals surface area (Å²) in [4.78, 5) is 20.4. The van der Waals surface area contributed by atoms with Crippen LogP contribution < -0.4 is 0 Å². The number of aromatic amines is 1. The number of aromatic nitrogens is 3. The second-order valence-corrected chi connectivity index (χ2v) is 7.19. The fourth-order valence-corrected chi connectivity index (χ4v) is 4.03.